The zero-order valence-electron chi connectivity index (χ0n) is 20.0. The Morgan fingerprint density at radius 3 is 2.06 bits per heavy atom. The highest BCUT2D eigenvalue weighted by molar-refractivity contribution is 5.63. The zero-order chi connectivity index (χ0) is 21.7. The van der Waals surface area contributed by atoms with Crippen LogP contribution in [0.5, 0.6) is 5.75 Å². The van der Waals surface area contributed by atoms with Gasteiger partial charge < -0.3 is 4.74 Å². The minimum Gasteiger partial charge on any atom is -0.494 e. The van der Waals surface area contributed by atoms with Crippen molar-refractivity contribution >= 4 is 0 Å². The molecular formula is C29H43NO. The molecule has 1 saturated carbocycles. The Hall–Kier alpha value is -1.83. The molecule has 2 nitrogen and oxygen atoms in total. The lowest BCUT2D eigenvalue weighted by atomic mass is 9.78. The van der Waals surface area contributed by atoms with E-state index in [0.717, 1.165) is 24.7 Å². The average molecular weight is 422 g/mol. The molecule has 0 saturated heterocycles. The molecule has 1 aromatic carbocycles. The van der Waals surface area contributed by atoms with E-state index >= 15 is 0 Å². The van der Waals surface area contributed by atoms with Crippen molar-refractivity contribution in [3.63, 3.8) is 0 Å². The largest absolute Gasteiger partial charge is 0.494 e. The predicted molar refractivity (Wildman–Crippen MR) is 133 cm³/mol. The number of rotatable bonds is 13. The lowest BCUT2D eigenvalue weighted by Gasteiger charge is -2.28. The molecule has 0 atom stereocenters. The van der Waals surface area contributed by atoms with Gasteiger partial charge in [-0.3, -0.25) is 4.98 Å². The van der Waals surface area contributed by atoms with Crippen molar-refractivity contribution in [3.05, 3.63) is 48.3 Å². The number of pyridine rings is 1. The molecule has 31 heavy (non-hydrogen) atoms. The van der Waals surface area contributed by atoms with Crippen LogP contribution in [0.2, 0.25) is 0 Å². The topological polar surface area (TPSA) is 22.1 Å². The Balaban J connectivity index is 1.44. The van der Waals surface area contributed by atoms with Gasteiger partial charge in [-0.25, -0.2) is 0 Å². The third-order valence-corrected chi connectivity index (χ3v) is 6.97. The quantitative estimate of drug-likeness (QED) is 0.301. The van der Waals surface area contributed by atoms with E-state index in [1.165, 1.54) is 93.9 Å². The summed E-state index contributed by atoms with van der Waals surface area (Å²) in [6.07, 6.45) is 19.5. The van der Waals surface area contributed by atoms with Gasteiger partial charge in [0.2, 0.25) is 0 Å². The SMILES string of the molecule is CCCCCCOc1ccc(-c2ccc(C3CCC(CCCCCC)CC3)nc2)cc1. The van der Waals surface area contributed by atoms with Gasteiger partial charge in [0, 0.05) is 23.4 Å². The summed E-state index contributed by atoms with van der Waals surface area (Å²) in [6.45, 7) is 5.35. The van der Waals surface area contributed by atoms with Gasteiger partial charge in [-0.15, -0.1) is 0 Å². The van der Waals surface area contributed by atoms with Crippen LogP contribution < -0.4 is 4.74 Å². The maximum absolute atomic E-state index is 5.87. The van der Waals surface area contributed by atoms with Crippen molar-refractivity contribution in [2.75, 3.05) is 6.61 Å². The number of ether oxygens (including phenoxy) is 1. The third-order valence-electron chi connectivity index (χ3n) is 6.97. The van der Waals surface area contributed by atoms with Gasteiger partial charge in [-0.1, -0.05) is 83.4 Å². The molecule has 0 amide bonds. The van der Waals surface area contributed by atoms with E-state index in [1.54, 1.807) is 0 Å². The predicted octanol–water partition coefficient (Wildman–Crippen LogP) is 8.95. The Kier molecular flexibility index (Phi) is 10.4. The minimum atomic E-state index is 0.657. The molecule has 0 aliphatic heterocycles. The fraction of sp³-hybridized carbons (Fsp3) is 0.621. The second kappa shape index (κ2) is 13.6. The molecule has 170 valence electrons. The maximum atomic E-state index is 5.87. The van der Waals surface area contributed by atoms with Crippen LogP contribution in [-0.2, 0) is 0 Å². The monoisotopic (exact) mass is 421 g/mol. The van der Waals surface area contributed by atoms with Gasteiger partial charge in [0.15, 0.2) is 0 Å². The van der Waals surface area contributed by atoms with Crippen LogP contribution in [0.1, 0.15) is 109 Å². The fourth-order valence-electron chi connectivity index (χ4n) is 4.89. The number of hydrogen-bond donors (Lipinski definition) is 0. The van der Waals surface area contributed by atoms with Crippen molar-refractivity contribution in [1.29, 1.82) is 0 Å². The van der Waals surface area contributed by atoms with Gasteiger partial charge in [-0.2, -0.15) is 0 Å². The van der Waals surface area contributed by atoms with Crippen LogP contribution in [0, 0.1) is 5.92 Å². The molecule has 1 aromatic heterocycles. The van der Waals surface area contributed by atoms with Gasteiger partial charge >= 0.3 is 0 Å². The second-order valence-corrected chi connectivity index (χ2v) is 9.47. The van der Waals surface area contributed by atoms with Crippen molar-refractivity contribution < 1.29 is 4.74 Å². The summed E-state index contributed by atoms with van der Waals surface area (Å²) in [5.74, 6) is 2.58. The first-order chi connectivity index (χ1) is 15.3. The summed E-state index contributed by atoms with van der Waals surface area (Å²) in [5, 5.41) is 0. The van der Waals surface area contributed by atoms with Gasteiger partial charge in [0.05, 0.1) is 6.61 Å². The number of nitrogens with zero attached hydrogens (tertiary/aromatic N) is 1. The van der Waals surface area contributed by atoms with E-state index in [-0.39, 0.29) is 0 Å². The average Bonchev–Trinajstić information content (AvgIpc) is 2.83. The number of aromatic nitrogens is 1. The maximum Gasteiger partial charge on any atom is 0.119 e. The molecule has 3 rings (SSSR count). The van der Waals surface area contributed by atoms with Crippen LogP contribution in [-0.4, -0.2) is 11.6 Å². The summed E-state index contributed by atoms with van der Waals surface area (Å²) in [7, 11) is 0. The highest BCUT2D eigenvalue weighted by atomic mass is 16.5. The Labute approximate surface area is 190 Å². The summed E-state index contributed by atoms with van der Waals surface area (Å²) in [6, 6.07) is 13.0. The van der Waals surface area contributed by atoms with Crippen molar-refractivity contribution in [1.82, 2.24) is 4.98 Å². The molecule has 0 radical (unpaired) electrons. The van der Waals surface area contributed by atoms with E-state index in [2.05, 4.69) is 56.4 Å². The van der Waals surface area contributed by atoms with Crippen LogP contribution >= 0.6 is 0 Å². The fourth-order valence-corrected chi connectivity index (χ4v) is 4.89. The van der Waals surface area contributed by atoms with Crippen LogP contribution in [0.4, 0.5) is 0 Å². The van der Waals surface area contributed by atoms with E-state index in [4.69, 9.17) is 9.72 Å². The first kappa shape index (κ1) is 23.8. The smallest absolute Gasteiger partial charge is 0.119 e. The zero-order valence-corrected chi connectivity index (χ0v) is 20.0. The molecule has 2 heteroatoms. The summed E-state index contributed by atoms with van der Waals surface area (Å²) < 4.78 is 5.87. The normalized spacial score (nSPS) is 18.8. The Bertz CT molecular complexity index is 713. The van der Waals surface area contributed by atoms with E-state index in [9.17, 15) is 0 Å². The molecule has 1 aliphatic rings. The third kappa shape index (κ3) is 7.98. The summed E-state index contributed by atoms with van der Waals surface area (Å²) in [5.41, 5.74) is 3.70. The van der Waals surface area contributed by atoms with Crippen molar-refractivity contribution in [3.8, 4) is 16.9 Å². The minimum absolute atomic E-state index is 0.657. The first-order valence-electron chi connectivity index (χ1n) is 13.0. The Morgan fingerprint density at radius 2 is 1.42 bits per heavy atom. The van der Waals surface area contributed by atoms with Gasteiger partial charge in [0.1, 0.15) is 5.75 Å². The summed E-state index contributed by atoms with van der Waals surface area (Å²) >= 11 is 0. The molecule has 0 unspecified atom stereocenters. The lowest BCUT2D eigenvalue weighted by Crippen LogP contribution is -2.14. The van der Waals surface area contributed by atoms with Crippen LogP contribution in [0.25, 0.3) is 11.1 Å². The molecular weight excluding hydrogens is 378 g/mol. The second-order valence-electron chi connectivity index (χ2n) is 9.47. The van der Waals surface area contributed by atoms with Crippen LogP contribution in [0.3, 0.4) is 0 Å². The molecule has 0 bridgehead atoms. The van der Waals surface area contributed by atoms with Gasteiger partial charge in [0.25, 0.3) is 0 Å². The van der Waals surface area contributed by atoms with Gasteiger partial charge in [-0.05, 0) is 61.8 Å². The summed E-state index contributed by atoms with van der Waals surface area (Å²) in [4.78, 5) is 4.86. The molecule has 1 aliphatic carbocycles. The molecule has 1 heterocycles. The standard InChI is InChI=1S/C29H43NO/c1-3-5-7-9-11-24-12-14-26(15-13-24)29-21-18-27(23-30-29)25-16-19-28(20-17-25)31-22-10-8-6-4-2/h16-21,23-24,26H,3-15,22H2,1-2H3. The van der Waals surface area contributed by atoms with E-state index in [0.29, 0.717) is 5.92 Å². The Morgan fingerprint density at radius 1 is 0.742 bits per heavy atom. The first-order valence-corrected chi connectivity index (χ1v) is 13.0. The number of benzene rings is 1. The molecule has 1 fully saturated rings. The lowest BCUT2D eigenvalue weighted by molar-refractivity contribution is 0.299. The van der Waals surface area contributed by atoms with E-state index in [1.807, 2.05) is 0 Å². The van der Waals surface area contributed by atoms with Crippen LogP contribution in [0.15, 0.2) is 42.6 Å². The number of unbranched alkanes of at least 4 members (excludes halogenated alkanes) is 6. The van der Waals surface area contributed by atoms with E-state index < -0.39 is 0 Å². The molecule has 0 spiro atoms. The highest BCUT2D eigenvalue weighted by Crippen LogP contribution is 2.37. The molecule has 2 aromatic rings. The van der Waals surface area contributed by atoms with Crippen molar-refractivity contribution in [2.24, 2.45) is 5.92 Å². The van der Waals surface area contributed by atoms with Crippen molar-refractivity contribution in [2.45, 2.75) is 103 Å². The molecule has 0 N–H and O–H groups in total. The number of hydrogen-bond acceptors (Lipinski definition) is 2. The highest BCUT2D eigenvalue weighted by Gasteiger charge is 2.22.